The molecule has 122 valence electrons. The molecule has 2 aromatic rings. The van der Waals surface area contributed by atoms with Gasteiger partial charge < -0.3 is 19.5 Å². The first-order valence-corrected chi connectivity index (χ1v) is 7.54. The van der Waals surface area contributed by atoms with Crippen molar-refractivity contribution in [1.82, 2.24) is 0 Å². The lowest BCUT2D eigenvalue weighted by Gasteiger charge is -2.19. The Labute approximate surface area is 139 Å². The molecule has 6 nitrogen and oxygen atoms in total. The van der Waals surface area contributed by atoms with Gasteiger partial charge in [0.2, 0.25) is 6.79 Å². The normalized spacial score (nSPS) is 13.0. The number of rotatable bonds is 5. The second kappa shape index (κ2) is 6.92. The monoisotopic (exact) mass is 324 g/mol. The molecule has 2 aromatic carbocycles. The lowest BCUT2D eigenvalue weighted by atomic mass is 10.1. The summed E-state index contributed by atoms with van der Waals surface area (Å²) in [6.45, 7) is 2.22. The third-order valence-corrected chi connectivity index (χ3v) is 3.58. The van der Waals surface area contributed by atoms with Crippen molar-refractivity contribution in [2.75, 3.05) is 18.7 Å². The van der Waals surface area contributed by atoms with Gasteiger partial charge in [0.25, 0.3) is 0 Å². The predicted molar refractivity (Wildman–Crippen MR) is 86.7 cm³/mol. The van der Waals surface area contributed by atoms with Crippen molar-refractivity contribution < 1.29 is 19.0 Å². The van der Waals surface area contributed by atoms with Gasteiger partial charge in [-0.25, -0.2) is 4.79 Å². The largest absolute Gasteiger partial charge is 0.464 e. The van der Waals surface area contributed by atoms with Crippen LogP contribution in [0.3, 0.4) is 0 Å². The Morgan fingerprint density at radius 1 is 1.25 bits per heavy atom. The zero-order chi connectivity index (χ0) is 16.9. The number of fused-ring (bicyclic) bond motifs is 1. The van der Waals surface area contributed by atoms with Crippen LogP contribution in [-0.2, 0) is 9.53 Å². The molecular weight excluding hydrogens is 308 g/mol. The minimum atomic E-state index is -0.688. The van der Waals surface area contributed by atoms with E-state index >= 15 is 0 Å². The van der Waals surface area contributed by atoms with Crippen LogP contribution < -0.4 is 14.8 Å². The number of ether oxygens (including phenoxy) is 3. The summed E-state index contributed by atoms with van der Waals surface area (Å²) < 4.78 is 15.8. The molecule has 1 N–H and O–H groups in total. The first-order valence-electron chi connectivity index (χ1n) is 7.54. The van der Waals surface area contributed by atoms with E-state index in [-0.39, 0.29) is 19.4 Å². The molecule has 6 heteroatoms. The minimum absolute atomic E-state index is 0.173. The Bertz CT molecular complexity index is 781. The molecule has 0 fully saturated rings. The van der Waals surface area contributed by atoms with E-state index in [9.17, 15) is 4.79 Å². The third-order valence-electron chi connectivity index (χ3n) is 3.58. The van der Waals surface area contributed by atoms with Gasteiger partial charge in [-0.05, 0) is 48.9 Å². The fraction of sp³-hybridized carbons (Fsp3) is 0.222. The molecule has 0 aromatic heterocycles. The summed E-state index contributed by atoms with van der Waals surface area (Å²) in [5, 5.41) is 12.0. The van der Waals surface area contributed by atoms with Crippen LogP contribution in [0.25, 0.3) is 0 Å². The van der Waals surface area contributed by atoms with Gasteiger partial charge in [0, 0.05) is 5.69 Å². The summed E-state index contributed by atoms with van der Waals surface area (Å²) in [6.07, 6.45) is 0. The number of hydrogen-bond donors (Lipinski definition) is 1. The van der Waals surface area contributed by atoms with Gasteiger partial charge >= 0.3 is 5.97 Å². The van der Waals surface area contributed by atoms with Crippen molar-refractivity contribution in [1.29, 1.82) is 5.26 Å². The van der Waals surface area contributed by atoms with Gasteiger partial charge in [-0.3, -0.25) is 0 Å². The number of esters is 1. The molecule has 0 radical (unpaired) electrons. The van der Waals surface area contributed by atoms with Gasteiger partial charge in [-0.2, -0.15) is 5.26 Å². The number of anilines is 1. The molecule has 0 spiro atoms. The quantitative estimate of drug-likeness (QED) is 0.852. The number of nitriles is 1. The van der Waals surface area contributed by atoms with E-state index < -0.39 is 6.04 Å². The number of benzene rings is 2. The molecule has 0 aliphatic carbocycles. The Morgan fingerprint density at radius 3 is 2.71 bits per heavy atom. The van der Waals surface area contributed by atoms with Gasteiger partial charge in [-0.1, -0.05) is 6.07 Å². The Morgan fingerprint density at radius 2 is 2.00 bits per heavy atom. The standard InChI is InChI=1S/C18H16N2O4/c1-2-22-18(21)17(20-14-6-3-12(10-19)4-7-14)13-5-8-15-16(9-13)24-11-23-15/h3-9,17,20H,2,11H2,1H3. The third kappa shape index (κ3) is 3.25. The van der Waals surface area contributed by atoms with E-state index in [1.807, 2.05) is 0 Å². The van der Waals surface area contributed by atoms with Crippen LogP contribution in [0.4, 0.5) is 5.69 Å². The van der Waals surface area contributed by atoms with E-state index in [1.54, 1.807) is 49.4 Å². The zero-order valence-electron chi connectivity index (χ0n) is 13.1. The van der Waals surface area contributed by atoms with E-state index in [2.05, 4.69) is 11.4 Å². The first kappa shape index (κ1) is 15.7. The van der Waals surface area contributed by atoms with Gasteiger partial charge in [0.05, 0.1) is 18.2 Å². The summed E-state index contributed by atoms with van der Waals surface area (Å²) in [5.74, 6) is 0.865. The zero-order valence-corrected chi connectivity index (χ0v) is 13.1. The molecule has 1 heterocycles. The minimum Gasteiger partial charge on any atom is -0.464 e. The fourth-order valence-electron chi connectivity index (χ4n) is 2.40. The van der Waals surface area contributed by atoms with Crippen molar-refractivity contribution >= 4 is 11.7 Å². The van der Waals surface area contributed by atoms with Crippen LogP contribution in [0, 0.1) is 11.3 Å². The van der Waals surface area contributed by atoms with Crippen molar-refractivity contribution in [2.24, 2.45) is 0 Å². The average molecular weight is 324 g/mol. The number of carbonyl (C=O) groups excluding carboxylic acids is 1. The lowest BCUT2D eigenvalue weighted by molar-refractivity contribution is -0.144. The smallest absolute Gasteiger partial charge is 0.333 e. The van der Waals surface area contributed by atoms with E-state index in [1.165, 1.54) is 0 Å². The Kier molecular flexibility index (Phi) is 4.52. The van der Waals surface area contributed by atoms with E-state index in [4.69, 9.17) is 19.5 Å². The summed E-state index contributed by atoms with van der Waals surface area (Å²) in [4.78, 5) is 12.4. The van der Waals surface area contributed by atoms with Crippen LogP contribution in [0.2, 0.25) is 0 Å². The highest BCUT2D eigenvalue weighted by atomic mass is 16.7. The number of nitrogens with zero attached hydrogens (tertiary/aromatic N) is 1. The molecule has 1 atom stereocenters. The van der Waals surface area contributed by atoms with Gasteiger partial charge in [0.15, 0.2) is 17.5 Å². The summed E-state index contributed by atoms with van der Waals surface area (Å²) in [5.41, 5.74) is 1.98. The maximum atomic E-state index is 12.4. The van der Waals surface area contributed by atoms with Crippen molar-refractivity contribution in [3.05, 3.63) is 53.6 Å². The second-order valence-corrected chi connectivity index (χ2v) is 5.13. The average Bonchev–Trinajstić information content (AvgIpc) is 3.08. The van der Waals surface area contributed by atoms with Crippen LogP contribution >= 0.6 is 0 Å². The van der Waals surface area contributed by atoms with Crippen molar-refractivity contribution in [3.63, 3.8) is 0 Å². The SMILES string of the molecule is CCOC(=O)C(Nc1ccc(C#N)cc1)c1ccc2c(c1)OCO2. The summed E-state index contributed by atoms with van der Waals surface area (Å²) in [6, 6.07) is 13.6. The molecule has 3 rings (SSSR count). The van der Waals surface area contributed by atoms with Crippen molar-refractivity contribution in [2.45, 2.75) is 13.0 Å². The maximum Gasteiger partial charge on any atom is 0.333 e. The second-order valence-electron chi connectivity index (χ2n) is 5.13. The van der Waals surface area contributed by atoms with Crippen LogP contribution in [0.1, 0.15) is 24.1 Å². The molecule has 0 bridgehead atoms. The van der Waals surface area contributed by atoms with Crippen LogP contribution in [0.15, 0.2) is 42.5 Å². The highest BCUT2D eigenvalue weighted by Crippen LogP contribution is 2.35. The maximum absolute atomic E-state index is 12.4. The predicted octanol–water partition coefficient (Wildman–Crippen LogP) is 3.00. The number of carbonyl (C=O) groups is 1. The molecule has 1 aliphatic heterocycles. The van der Waals surface area contributed by atoms with Gasteiger partial charge in [0.1, 0.15) is 0 Å². The highest BCUT2D eigenvalue weighted by Gasteiger charge is 2.24. The topological polar surface area (TPSA) is 80.6 Å². The lowest BCUT2D eigenvalue weighted by Crippen LogP contribution is -2.23. The summed E-state index contributed by atoms with van der Waals surface area (Å²) in [7, 11) is 0. The van der Waals surface area contributed by atoms with E-state index in [0.29, 0.717) is 28.3 Å². The van der Waals surface area contributed by atoms with Crippen LogP contribution in [-0.4, -0.2) is 19.4 Å². The molecule has 1 aliphatic rings. The summed E-state index contributed by atoms with van der Waals surface area (Å²) >= 11 is 0. The molecule has 0 saturated heterocycles. The number of nitrogens with one attached hydrogen (secondary N) is 1. The Balaban J connectivity index is 1.88. The first-order chi connectivity index (χ1) is 11.7. The van der Waals surface area contributed by atoms with E-state index in [0.717, 1.165) is 0 Å². The fourth-order valence-corrected chi connectivity index (χ4v) is 2.40. The molecular formula is C18H16N2O4. The molecule has 24 heavy (non-hydrogen) atoms. The Hall–Kier alpha value is -3.20. The van der Waals surface area contributed by atoms with Gasteiger partial charge in [-0.15, -0.1) is 0 Å². The number of hydrogen-bond acceptors (Lipinski definition) is 6. The molecule has 0 saturated carbocycles. The highest BCUT2D eigenvalue weighted by molar-refractivity contribution is 5.81. The van der Waals surface area contributed by atoms with Crippen molar-refractivity contribution in [3.8, 4) is 17.6 Å². The molecule has 0 amide bonds. The van der Waals surface area contributed by atoms with Crippen LogP contribution in [0.5, 0.6) is 11.5 Å². The molecule has 1 unspecified atom stereocenters.